The number of esters is 1. The summed E-state index contributed by atoms with van der Waals surface area (Å²) in [6.45, 7) is 1.70. The molecule has 1 saturated carbocycles. The van der Waals surface area contributed by atoms with Gasteiger partial charge in [-0.1, -0.05) is 0 Å². The third kappa shape index (κ3) is 3.93. The minimum Gasteiger partial charge on any atom is -0.468 e. The van der Waals surface area contributed by atoms with Gasteiger partial charge in [-0.3, -0.25) is 4.79 Å². The van der Waals surface area contributed by atoms with E-state index in [4.69, 9.17) is 9.47 Å². The fraction of sp³-hybridized carbons (Fsp3) is 0.923. The fourth-order valence-corrected chi connectivity index (χ4v) is 2.49. The molecular weight excluding hydrogens is 232 g/mol. The van der Waals surface area contributed by atoms with E-state index in [9.17, 15) is 4.79 Å². The highest BCUT2D eigenvalue weighted by Crippen LogP contribution is 2.30. The molecule has 1 aliphatic carbocycles. The minimum atomic E-state index is -0.514. The van der Waals surface area contributed by atoms with Crippen LogP contribution in [0.2, 0.25) is 0 Å². The number of hydrogen-bond acceptors (Lipinski definition) is 5. The molecule has 0 amide bonds. The molecule has 0 spiro atoms. The van der Waals surface area contributed by atoms with Crippen molar-refractivity contribution in [3.8, 4) is 0 Å². The summed E-state index contributed by atoms with van der Waals surface area (Å²) in [6.07, 6.45) is 3.65. The Kier molecular flexibility index (Phi) is 6.05. The van der Waals surface area contributed by atoms with E-state index in [2.05, 4.69) is 10.2 Å². The lowest BCUT2D eigenvalue weighted by molar-refractivity contribution is -0.151. The second-order valence-corrected chi connectivity index (χ2v) is 5.24. The van der Waals surface area contributed by atoms with Crippen molar-refractivity contribution in [2.24, 2.45) is 0 Å². The van der Waals surface area contributed by atoms with Gasteiger partial charge < -0.3 is 19.7 Å². The summed E-state index contributed by atoms with van der Waals surface area (Å²) in [6, 6.07) is 0. The van der Waals surface area contributed by atoms with Crippen LogP contribution >= 0.6 is 0 Å². The highest BCUT2D eigenvalue weighted by molar-refractivity contribution is 5.80. The highest BCUT2D eigenvalue weighted by atomic mass is 16.5. The van der Waals surface area contributed by atoms with Crippen LogP contribution in [0.1, 0.15) is 25.7 Å². The van der Waals surface area contributed by atoms with Crippen LogP contribution < -0.4 is 5.32 Å². The third-order valence-corrected chi connectivity index (χ3v) is 3.72. The number of nitrogens with zero attached hydrogens (tertiary/aromatic N) is 1. The van der Waals surface area contributed by atoms with Gasteiger partial charge in [0, 0.05) is 20.2 Å². The van der Waals surface area contributed by atoms with Crippen molar-refractivity contribution in [2.75, 3.05) is 41.4 Å². The summed E-state index contributed by atoms with van der Waals surface area (Å²) in [5.41, 5.74) is -0.514. The smallest absolute Gasteiger partial charge is 0.326 e. The molecule has 0 aromatic rings. The van der Waals surface area contributed by atoms with Gasteiger partial charge in [-0.2, -0.15) is 0 Å². The predicted octanol–water partition coefficient (Wildman–Crippen LogP) is 0.638. The van der Waals surface area contributed by atoms with E-state index < -0.39 is 5.54 Å². The Morgan fingerprint density at radius 1 is 1.33 bits per heavy atom. The summed E-state index contributed by atoms with van der Waals surface area (Å²) in [7, 11) is 7.23. The number of likely N-dealkylation sites (N-methyl/N-ethyl adjacent to an activating group) is 1. The molecule has 18 heavy (non-hydrogen) atoms. The monoisotopic (exact) mass is 258 g/mol. The summed E-state index contributed by atoms with van der Waals surface area (Å²) < 4.78 is 10.3. The molecule has 1 fully saturated rings. The van der Waals surface area contributed by atoms with Crippen molar-refractivity contribution in [1.29, 1.82) is 0 Å². The molecule has 0 radical (unpaired) electrons. The number of carbonyl (C=O) groups excluding carboxylic acids is 1. The van der Waals surface area contributed by atoms with Crippen LogP contribution in [0.4, 0.5) is 0 Å². The molecule has 106 valence electrons. The van der Waals surface area contributed by atoms with E-state index in [0.29, 0.717) is 0 Å². The first kappa shape index (κ1) is 15.4. The van der Waals surface area contributed by atoms with Crippen LogP contribution in [0, 0.1) is 0 Å². The van der Waals surface area contributed by atoms with Crippen molar-refractivity contribution in [1.82, 2.24) is 10.2 Å². The zero-order valence-electron chi connectivity index (χ0n) is 12.0. The molecule has 1 rings (SSSR count). The van der Waals surface area contributed by atoms with Gasteiger partial charge in [-0.15, -0.1) is 0 Å². The molecular formula is C13H26N2O3. The topological polar surface area (TPSA) is 50.8 Å². The van der Waals surface area contributed by atoms with E-state index in [-0.39, 0.29) is 12.1 Å². The van der Waals surface area contributed by atoms with Crippen molar-refractivity contribution in [3.05, 3.63) is 0 Å². The molecule has 0 aliphatic heterocycles. The molecule has 5 heteroatoms. The quantitative estimate of drug-likeness (QED) is 0.709. The fourth-order valence-electron chi connectivity index (χ4n) is 2.49. The van der Waals surface area contributed by atoms with Gasteiger partial charge in [0.1, 0.15) is 5.54 Å². The average Bonchev–Trinajstić information content (AvgIpc) is 2.38. The van der Waals surface area contributed by atoms with Crippen LogP contribution in [0.15, 0.2) is 0 Å². The first-order chi connectivity index (χ1) is 8.54. The Bertz CT molecular complexity index is 261. The van der Waals surface area contributed by atoms with Crippen LogP contribution in [0.25, 0.3) is 0 Å². The number of nitrogens with one attached hydrogen (secondary N) is 1. The first-order valence-corrected chi connectivity index (χ1v) is 6.55. The van der Waals surface area contributed by atoms with Crippen molar-refractivity contribution >= 4 is 5.97 Å². The predicted molar refractivity (Wildman–Crippen MR) is 70.6 cm³/mol. The molecule has 0 aromatic carbocycles. The zero-order chi connectivity index (χ0) is 13.6. The Morgan fingerprint density at radius 2 is 1.94 bits per heavy atom. The summed E-state index contributed by atoms with van der Waals surface area (Å²) >= 11 is 0. The second-order valence-electron chi connectivity index (χ2n) is 5.24. The summed E-state index contributed by atoms with van der Waals surface area (Å²) in [4.78, 5) is 14.1. The number of hydrogen-bond donors (Lipinski definition) is 1. The van der Waals surface area contributed by atoms with E-state index in [0.717, 1.165) is 38.8 Å². The average molecular weight is 258 g/mol. The number of rotatable bonds is 6. The number of carbonyl (C=O) groups is 1. The molecule has 0 bridgehead atoms. The Morgan fingerprint density at radius 3 is 2.39 bits per heavy atom. The van der Waals surface area contributed by atoms with Gasteiger partial charge in [0.05, 0.1) is 13.2 Å². The van der Waals surface area contributed by atoms with E-state index in [1.807, 2.05) is 14.1 Å². The molecule has 0 saturated heterocycles. The van der Waals surface area contributed by atoms with E-state index >= 15 is 0 Å². The zero-order valence-corrected chi connectivity index (χ0v) is 12.0. The van der Waals surface area contributed by atoms with Crippen LogP contribution in [0.3, 0.4) is 0 Å². The van der Waals surface area contributed by atoms with Crippen LogP contribution in [-0.4, -0.2) is 63.9 Å². The standard InChI is InChI=1S/C13H26N2O3/c1-15(2)10-9-14-13(12(16)18-4)7-5-11(17-3)6-8-13/h11,14H,5-10H2,1-4H3. The second kappa shape index (κ2) is 7.07. The van der Waals surface area contributed by atoms with Crippen molar-refractivity contribution in [3.63, 3.8) is 0 Å². The van der Waals surface area contributed by atoms with Gasteiger partial charge in [-0.05, 0) is 39.8 Å². The first-order valence-electron chi connectivity index (χ1n) is 6.55. The summed E-state index contributed by atoms with van der Waals surface area (Å²) in [5, 5.41) is 3.39. The lowest BCUT2D eigenvalue weighted by Crippen LogP contribution is -2.56. The normalized spacial score (nSPS) is 28.4. The minimum absolute atomic E-state index is 0.143. The Labute approximate surface area is 110 Å². The maximum atomic E-state index is 12.0. The molecule has 1 N–H and O–H groups in total. The highest BCUT2D eigenvalue weighted by Gasteiger charge is 2.42. The van der Waals surface area contributed by atoms with Gasteiger partial charge in [0.15, 0.2) is 0 Å². The number of methoxy groups -OCH3 is 2. The van der Waals surface area contributed by atoms with E-state index in [1.54, 1.807) is 7.11 Å². The van der Waals surface area contributed by atoms with Crippen LogP contribution in [0.5, 0.6) is 0 Å². The SMILES string of the molecule is COC(=O)C1(NCCN(C)C)CCC(OC)CC1. The molecule has 1 aliphatic rings. The lowest BCUT2D eigenvalue weighted by atomic mass is 9.80. The maximum Gasteiger partial charge on any atom is 0.326 e. The third-order valence-electron chi connectivity index (χ3n) is 3.72. The Balaban J connectivity index is 2.57. The van der Waals surface area contributed by atoms with Crippen molar-refractivity contribution < 1.29 is 14.3 Å². The number of ether oxygens (including phenoxy) is 2. The molecule has 5 nitrogen and oxygen atoms in total. The lowest BCUT2D eigenvalue weighted by Gasteiger charge is -2.38. The summed E-state index contributed by atoms with van der Waals surface area (Å²) in [5.74, 6) is -0.143. The maximum absolute atomic E-state index is 12.0. The van der Waals surface area contributed by atoms with Gasteiger partial charge >= 0.3 is 5.97 Å². The van der Waals surface area contributed by atoms with Crippen molar-refractivity contribution in [2.45, 2.75) is 37.3 Å². The molecule has 0 heterocycles. The van der Waals surface area contributed by atoms with Gasteiger partial charge in [0.25, 0.3) is 0 Å². The van der Waals surface area contributed by atoms with Gasteiger partial charge in [0.2, 0.25) is 0 Å². The largest absolute Gasteiger partial charge is 0.468 e. The Hall–Kier alpha value is -0.650. The molecule has 0 atom stereocenters. The van der Waals surface area contributed by atoms with E-state index in [1.165, 1.54) is 7.11 Å². The molecule has 0 unspecified atom stereocenters. The van der Waals surface area contributed by atoms with Gasteiger partial charge in [-0.25, -0.2) is 0 Å². The van der Waals surface area contributed by atoms with Crippen LogP contribution in [-0.2, 0) is 14.3 Å². The molecule has 0 aromatic heterocycles.